The number of aliphatic hydroxyl groups excluding tert-OH is 2. The first-order chi connectivity index (χ1) is 7.26. The number of rotatable bonds is 6. The molecule has 0 atom stereocenters. The van der Waals surface area contributed by atoms with Crippen molar-refractivity contribution in [3.8, 4) is 6.01 Å². The van der Waals surface area contributed by atoms with Crippen LogP contribution in [0.2, 0.25) is 0 Å². The van der Waals surface area contributed by atoms with E-state index in [2.05, 4.69) is 15.0 Å². The van der Waals surface area contributed by atoms with Crippen LogP contribution >= 0.6 is 0 Å². The van der Waals surface area contributed by atoms with Crippen molar-refractivity contribution in [2.24, 2.45) is 5.41 Å². The highest BCUT2D eigenvalue weighted by Gasteiger charge is 2.28. The lowest BCUT2D eigenvalue weighted by molar-refractivity contribution is 0.00865. The van der Waals surface area contributed by atoms with Crippen molar-refractivity contribution in [3.63, 3.8) is 0 Å². The molecule has 1 aromatic heterocycles. The van der Waals surface area contributed by atoms with E-state index in [9.17, 15) is 0 Å². The van der Waals surface area contributed by atoms with Crippen LogP contribution in [0.25, 0.3) is 0 Å². The van der Waals surface area contributed by atoms with Crippen LogP contribution < -0.4 is 4.74 Å². The van der Waals surface area contributed by atoms with Gasteiger partial charge in [-0.05, 0) is 6.42 Å². The van der Waals surface area contributed by atoms with E-state index in [1.54, 1.807) is 0 Å². The van der Waals surface area contributed by atoms with Gasteiger partial charge in [-0.1, -0.05) is 6.92 Å². The smallest absolute Gasteiger partial charge is 0.319 e. The van der Waals surface area contributed by atoms with Crippen molar-refractivity contribution in [2.75, 3.05) is 19.8 Å². The van der Waals surface area contributed by atoms with Crippen molar-refractivity contribution in [3.05, 3.63) is 12.7 Å². The van der Waals surface area contributed by atoms with Gasteiger partial charge in [-0.3, -0.25) is 0 Å². The molecule has 6 heteroatoms. The molecule has 0 aliphatic rings. The number of hydrogen-bond donors (Lipinski definition) is 2. The first-order valence-corrected chi connectivity index (χ1v) is 4.73. The summed E-state index contributed by atoms with van der Waals surface area (Å²) in [6.45, 7) is 1.79. The van der Waals surface area contributed by atoms with Crippen LogP contribution in [-0.2, 0) is 0 Å². The molecule has 0 amide bonds. The van der Waals surface area contributed by atoms with Crippen LogP contribution in [0.1, 0.15) is 13.3 Å². The highest BCUT2D eigenvalue weighted by Crippen LogP contribution is 2.20. The fourth-order valence-electron chi connectivity index (χ4n) is 0.988. The maximum atomic E-state index is 9.16. The number of ether oxygens (including phenoxy) is 1. The Balaban J connectivity index is 2.54. The molecule has 0 saturated heterocycles. The molecule has 6 nitrogen and oxygen atoms in total. The first kappa shape index (κ1) is 11.8. The lowest BCUT2D eigenvalue weighted by atomic mass is 9.88. The number of aliphatic hydroxyl groups is 2. The van der Waals surface area contributed by atoms with E-state index in [1.165, 1.54) is 12.7 Å². The second-order valence-electron chi connectivity index (χ2n) is 3.38. The van der Waals surface area contributed by atoms with Gasteiger partial charge in [0.15, 0.2) is 0 Å². The second-order valence-corrected chi connectivity index (χ2v) is 3.38. The minimum atomic E-state index is -0.632. The van der Waals surface area contributed by atoms with Gasteiger partial charge in [-0.25, -0.2) is 4.98 Å². The van der Waals surface area contributed by atoms with E-state index in [4.69, 9.17) is 14.9 Å². The van der Waals surface area contributed by atoms with Crippen molar-refractivity contribution >= 4 is 0 Å². The Hall–Kier alpha value is -1.27. The topological polar surface area (TPSA) is 88.4 Å². The molecule has 0 fully saturated rings. The minimum absolute atomic E-state index is 0.134. The van der Waals surface area contributed by atoms with Gasteiger partial charge in [-0.2, -0.15) is 9.97 Å². The molecular formula is C9H15N3O3. The van der Waals surface area contributed by atoms with Crippen molar-refractivity contribution in [1.82, 2.24) is 15.0 Å². The van der Waals surface area contributed by atoms with E-state index < -0.39 is 5.41 Å². The van der Waals surface area contributed by atoms with Crippen LogP contribution in [0.15, 0.2) is 12.7 Å². The summed E-state index contributed by atoms with van der Waals surface area (Å²) in [5.41, 5.74) is -0.632. The van der Waals surface area contributed by atoms with Gasteiger partial charge in [0.2, 0.25) is 0 Å². The van der Waals surface area contributed by atoms with Gasteiger partial charge in [0.25, 0.3) is 0 Å². The van der Waals surface area contributed by atoms with Crippen molar-refractivity contribution < 1.29 is 14.9 Å². The minimum Gasteiger partial charge on any atom is -0.463 e. The van der Waals surface area contributed by atoms with Crippen LogP contribution in [0.3, 0.4) is 0 Å². The fourth-order valence-corrected chi connectivity index (χ4v) is 0.988. The fraction of sp³-hybridized carbons (Fsp3) is 0.667. The predicted octanol–water partition coefficient (Wildman–Crippen LogP) is -0.369. The van der Waals surface area contributed by atoms with Crippen LogP contribution in [0.5, 0.6) is 6.01 Å². The molecule has 15 heavy (non-hydrogen) atoms. The zero-order valence-corrected chi connectivity index (χ0v) is 8.63. The van der Waals surface area contributed by atoms with E-state index in [0.717, 1.165) is 0 Å². The zero-order valence-electron chi connectivity index (χ0n) is 8.63. The Labute approximate surface area is 88.0 Å². The molecule has 0 aromatic carbocycles. The van der Waals surface area contributed by atoms with Gasteiger partial charge < -0.3 is 14.9 Å². The summed E-state index contributed by atoms with van der Waals surface area (Å²) in [7, 11) is 0. The Morgan fingerprint density at radius 1 is 1.27 bits per heavy atom. The Kier molecular flexibility index (Phi) is 4.38. The standard InChI is InChI=1S/C9H15N3O3/c1-2-9(3-13,4-14)5-15-8-11-6-10-7-12-8/h6-7,13-14H,2-5H2,1H3. The summed E-state index contributed by atoms with van der Waals surface area (Å²) in [6, 6.07) is 0.199. The molecule has 1 aromatic rings. The summed E-state index contributed by atoms with van der Waals surface area (Å²) in [6.07, 6.45) is 3.27. The molecule has 0 bridgehead atoms. The van der Waals surface area contributed by atoms with E-state index >= 15 is 0 Å². The Bertz CT molecular complexity index is 269. The maximum Gasteiger partial charge on any atom is 0.319 e. The molecular weight excluding hydrogens is 198 g/mol. The molecule has 0 radical (unpaired) electrons. The highest BCUT2D eigenvalue weighted by molar-refractivity contribution is 4.89. The van der Waals surface area contributed by atoms with Gasteiger partial charge in [-0.15, -0.1) is 0 Å². The van der Waals surface area contributed by atoms with Gasteiger partial charge >= 0.3 is 6.01 Å². The first-order valence-electron chi connectivity index (χ1n) is 4.73. The van der Waals surface area contributed by atoms with E-state index in [0.29, 0.717) is 6.42 Å². The molecule has 1 rings (SSSR count). The summed E-state index contributed by atoms with van der Waals surface area (Å²) in [5, 5.41) is 18.3. The number of nitrogens with zero attached hydrogens (tertiary/aromatic N) is 3. The monoisotopic (exact) mass is 213 g/mol. The number of aromatic nitrogens is 3. The summed E-state index contributed by atoms with van der Waals surface area (Å²) >= 11 is 0. The maximum absolute atomic E-state index is 9.16. The molecule has 0 spiro atoms. The van der Waals surface area contributed by atoms with E-state index in [-0.39, 0.29) is 25.8 Å². The van der Waals surface area contributed by atoms with Crippen molar-refractivity contribution in [1.29, 1.82) is 0 Å². The van der Waals surface area contributed by atoms with Crippen molar-refractivity contribution in [2.45, 2.75) is 13.3 Å². The molecule has 1 heterocycles. The lowest BCUT2D eigenvalue weighted by Gasteiger charge is -2.27. The molecule has 84 valence electrons. The lowest BCUT2D eigenvalue weighted by Crippen LogP contribution is -2.35. The quantitative estimate of drug-likeness (QED) is 0.670. The summed E-state index contributed by atoms with van der Waals surface area (Å²) in [4.78, 5) is 11.2. The average Bonchev–Trinajstić information content (AvgIpc) is 2.33. The highest BCUT2D eigenvalue weighted by atomic mass is 16.5. The van der Waals surface area contributed by atoms with Crippen LogP contribution in [0, 0.1) is 5.41 Å². The number of hydrogen-bond acceptors (Lipinski definition) is 6. The summed E-state index contributed by atoms with van der Waals surface area (Å²) in [5.74, 6) is 0. The Morgan fingerprint density at radius 2 is 1.87 bits per heavy atom. The average molecular weight is 213 g/mol. The molecule has 0 aliphatic heterocycles. The van der Waals surface area contributed by atoms with Gasteiger partial charge in [0.05, 0.1) is 18.6 Å². The predicted molar refractivity (Wildman–Crippen MR) is 52.2 cm³/mol. The largest absolute Gasteiger partial charge is 0.463 e. The van der Waals surface area contributed by atoms with Crippen LogP contribution in [0.4, 0.5) is 0 Å². The molecule has 0 unspecified atom stereocenters. The third kappa shape index (κ3) is 3.10. The van der Waals surface area contributed by atoms with Gasteiger partial charge in [0.1, 0.15) is 19.3 Å². The second kappa shape index (κ2) is 5.57. The summed E-state index contributed by atoms with van der Waals surface area (Å²) < 4.78 is 5.26. The zero-order chi connectivity index (χ0) is 11.1. The van der Waals surface area contributed by atoms with E-state index in [1.807, 2.05) is 6.92 Å². The normalized spacial score (nSPS) is 11.4. The third-order valence-corrected chi connectivity index (χ3v) is 2.40. The van der Waals surface area contributed by atoms with Crippen LogP contribution in [-0.4, -0.2) is 45.0 Å². The molecule has 0 saturated carbocycles. The third-order valence-electron chi connectivity index (χ3n) is 2.40. The Morgan fingerprint density at radius 3 is 2.33 bits per heavy atom. The van der Waals surface area contributed by atoms with Gasteiger partial charge in [0, 0.05) is 0 Å². The molecule has 0 aliphatic carbocycles. The molecule has 2 N–H and O–H groups in total. The SMILES string of the molecule is CCC(CO)(CO)COc1ncncn1.